The lowest BCUT2D eigenvalue weighted by Crippen LogP contribution is -2.71. The number of carbonyl (C=O) groups excluding carboxylic acids is 12. The molecule has 12 atom stereocenters. The van der Waals surface area contributed by atoms with Gasteiger partial charge in [0.1, 0.15) is 72.1 Å². The van der Waals surface area contributed by atoms with Crippen molar-refractivity contribution in [2.45, 2.75) is 274 Å². The molecule has 12 amide bonds. The van der Waals surface area contributed by atoms with Gasteiger partial charge in [-0.15, -0.1) is 0 Å². The van der Waals surface area contributed by atoms with Gasteiger partial charge in [0, 0.05) is 88.6 Å². The minimum Gasteiger partial charge on any atom is -0.379 e. The van der Waals surface area contributed by atoms with Gasteiger partial charge in [0.05, 0.1) is 38.1 Å². The molecule has 3 N–H and O–H groups in total. The topological polar surface area (TPSA) is 289 Å². The van der Waals surface area contributed by atoms with Crippen LogP contribution in [0.5, 0.6) is 0 Å². The van der Waals surface area contributed by atoms with Crippen LogP contribution in [0.2, 0.25) is 0 Å². The molecule has 0 aromatic carbocycles. The van der Waals surface area contributed by atoms with Gasteiger partial charge in [0.15, 0.2) is 0 Å². The Balaban J connectivity index is 1.35. The molecule has 0 aromatic heterocycles. The van der Waals surface area contributed by atoms with Crippen LogP contribution >= 0.6 is 0 Å². The predicted molar refractivity (Wildman–Crippen MR) is 401 cm³/mol. The second-order valence-corrected chi connectivity index (χ2v) is 33.8. The lowest BCUT2D eigenvalue weighted by atomic mass is 9.58. The van der Waals surface area contributed by atoms with Gasteiger partial charge in [-0.2, -0.15) is 26.3 Å². The first-order valence-corrected chi connectivity index (χ1v) is 40.5. The highest BCUT2D eigenvalue weighted by molar-refractivity contribution is 6.01. The van der Waals surface area contributed by atoms with E-state index in [-0.39, 0.29) is 103 Å². The van der Waals surface area contributed by atoms with E-state index in [9.17, 15) is 50.3 Å². The van der Waals surface area contributed by atoms with E-state index in [4.69, 9.17) is 9.47 Å². The fraction of sp³-hybridized carbons (Fsp3) is 0.823. The number of likely N-dealkylation sites (N-methyl/N-ethyl adjacent to an activating group) is 7. The maximum Gasteiger partial charge on any atom is 0.397 e. The smallest absolute Gasteiger partial charge is 0.379 e. The summed E-state index contributed by atoms with van der Waals surface area (Å²) in [5.74, 6) is -17.2. The molecule has 26 nitrogen and oxygen atoms in total. The number of hydrogen-bond acceptors (Lipinski definition) is 14. The first kappa shape index (κ1) is 92.9. The summed E-state index contributed by atoms with van der Waals surface area (Å²) in [5, 5.41) is 8.45. The van der Waals surface area contributed by atoms with Crippen molar-refractivity contribution in [2.75, 3.05) is 102 Å². The number of amides is 12. The Bertz CT molecular complexity index is 3350. The first-order chi connectivity index (χ1) is 53.0. The quantitative estimate of drug-likeness (QED) is 0.0741. The second-order valence-electron chi connectivity index (χ2n) is 33.8. The van der Waals surface area contributed by atoms with Gasteiger partial charge in [-0.1, -0.05) is 73.0 Å². The average Bonchev–Trinajstić information content (AvgIpc) is 1.28. The standard InChI is InChI=1S/C79H124F8N12O14/c1-15-33-91(8)70(106)58-40-62(101)95(12)60(44-112-35-16-2)67(103)89-65(47(5)17-3)73(109)93(10)43-63(102)94(11)56-26-20-19-23-34-98(72(56)108)59(38-48-27-30-51(31-28-48)78(82,83)84)71(107)92(9)42-61(100)88-55(32-29-49-36-53(80)64(54(81)37-49)79(85,86)87)69(105)99-41-52(113-18-4)39-57(99)68(104)90-77(45-76(6,7)46-77)75(111)97(14)66(74(110)96(58)13)50-24-21-22-25-50/h19-20,47-60,64-66H,15-18,21-46H2,1-14H3,(H,88,100)(H,89,103)(H,90,104)/b20-19-/t47-,48?,49?,51?,52+,53?,54?,55-,56-,57-,58-,59-,60-,64?,65-,66-/m0/s1. The van der Waals surface area contributed by atoms with Gasteiger partial charge in [-0.3, -0.25) is 57.5 Å². The largest absolute Gasteiger partial charge is 0.397 e. The molecular formula is C79H124F8N12O14. The van der Waals surface area contributed by atoms with E-state index in [2.05, 4.69) is 16.0 Å². The number of hydrogen-bond donors (Lipinski definition) is 3. The molecule has 4 aliphatic carbocycles. The molecule has 640 valence electrons. The van der Waals surface area contributed by atoms with Crippen LogP contribution in [0.3, 0.4) is 0 Å². The van der Waals surface area contributed by atoms with Crippen LogP contribution in [0.15, 0.2) is 12.2 Å². The lowest BCUT2D eigenvalue weighted by molar-refractivity contribution is -0.219. The summed E-state index contributed by atoms with van der Waals surface area (Å²) in [6.45, 7) is 10.5. The third-order valence-electron chi connectivity index (χ3n) is 24.7. The zero-order chi connectivity index (χ0) is 84.1. The van der Waals surface area contributed by atoms with Gasteiger partial charge < -0.3 is 69.5 Å². The number of alkyl halides is 8. The van der Waals surface area contributed by atoms with E-state index in [1.54, 1.807) is 32.9 Å². The molecule has 2 saturated heterocycles. The molecule has 6 fully saturated rings. The Morgan fingerprint density at radius 1 is 0.655 bits per heavy atom. The van der Waals surface area contributed by atoms with Crippen LogP contribution in [-0.4, -0.2) is 302 Å². The Morgan fingerprint density at radius 3 is 1.86 bits per heavy atom. The van der Waals surface area contributed by atoms with Crippen molar-refractivity contribution in [1.29, 1.82) is 0 Å². The molecule has 0 radical (unpaired) electrons. The van der Waals surface area contributed by atoms with Gasteiger partial charge >= 0.3 is 12.4 Å². The number of nitrogens with one attached hydrogen (secondary N) is 3. The normalized spacial score (nSPS) is 31.5. The second kappa shape index (κ2) is 40.1. The molecule has 4 saturated carbocycles. The van der Waals surface area contributed by atoms with Crippen LogP contribution in [0.4, 0.5) is 35.1 Å². The van der Waals surface area contributed by atoms with E-state index in [0.717, 1.165) is 29.4 Å². The van der Waals surface area contributed by atoms with E-state index in [1.807, 2.05) is 27.7 Å². The highest BCUT2D eigenvalue weighted by Gasteiger charge is 2.60. The first-order valence-electron chi connectivity index (χ1n) is 40.5. The van der Waals surface area contributed by atoms with Gasteiger partial charge in [-0.05, 0) is 145 Å². The van der Waals surface area contributed by atoms with E-state index < -0.39 is 242 Å². The van der Waals surface area contributed by atoms with Gasteiger partial charge in [-0.25, -0.2) is 8.78 Å². The van der Waals surface area contributed by atoms with Crippen LogP contribution in [0.25, 0.3) is 0 Å². The molecule has 113 heavy (non-hydrogen) atoms. The maximum absolute atomic E-state index is 15.9. The number of ether oxygens (including phenoxy) is 2. The van der Waals surface area contributed by atoms with Crippen molar-refractivity contribution < 1.29 is 102 Å². The van der Waals surface area contributed by atoms with Crippen molar-refractivity contribution >= 4 is 70.9 Å². The van der Waals surface area contributed by atoms with Gasteiger partial charge in [0.25, 0.3) is 0 Å². The third-order valence-corrected chi connectivity index (χ3v) is 24.7. The molecule has 2 bridgehead atoms. The van der Waals surface area contributed by atoms with Crippen molar-refractivity contribution in [2.24, 2.45) is 40.9 Å². The fourth-order valence-electron chi connectivity index (χ4n) is 18.2. The van der Waals surface area contributed by atoms with Crippen LogP contribution in [0.1, 0.15) is 190 Å². The summed E-state index contributed by atoms with van der Waals surface area (Å²) in [7, 11) is 9.45. The number of nitrogens with zero attached hydrogens (tertiary/aromatic N) is 9. The number of fused-ring (bicyclic) bond motifs is 3. The van der Waals surface area contributed by atoms with E-state index in [0.29, 0.717) is 44.9 Å². The monoisotopic (exact) mass is 1620 g/mol. The minimum atomic E-state index is -5.23. The van der Waals surface area contributed by atoms with Crippen molar-refractivity contribution in [3.63, 3.8) is 0 Å². The fourth-order valence-corrected chi connectivity index (χ4v) is 18.2. The zero-order valence-corrected chi connectivity index (χ0v) is 68.4. The Labute approximate surface area is 659 Å². The highest BCUT2D eigenvalue weighted by atomic mass is 19.4. The summed E-state index contributed by atoms with van der Waals surface area (Å²) in [4.78, 5) is 194. The molecule has 0 aromatic rings. The van der Waals surface area contributed by atoms with Crippen LogP contribution in [-0.2, 0) is 67.0 Å². The molecule has 1 spiro atoms. The molecule has 7 rings (SSSR count). The summed E-state index contributed by atoms with van der Waals surface area (Å²) in [5.41, 5.74) is -2.39. The van der Waals surface area contributed by atoms with E-state index in [1.165, 1.54) is 64.0 Å². The predicted octanol–water partition coefficient (Wildman–Crippen LogP) is 7.15. The summed E-state index contributed by atoms with van der Waals surface area (Å²) < 4.78 is 128. The highest BCUT2D eigenvalue weighted by Crippen LogP contribution is 2.50. The van der Waals surface area contributed by atoms with Crippen molar-refractivity contribution in [1.82, 2.24) is 60.0 Å². The Hall–Kier alpha value is -7.26. The van der Waals surface area contributed by atoms with E-state index >= 15 is 42.3 Å². The maximum atomic E-state index is 15.9. The van der Waals surface area contributed by atoms with Crippen LogP contribution in [0, 0.1) is 40.9 Å². The number of rotatable bonds is 17. The van der Waals surface area contributed by atoms with Crippen LogP contribution < -0.4 is 16.0 Å². The Kier molecular flexibility index (Phi) is 32.9. The molecular weight excluding hydrogens is 1490 g/mol. The summed E-state index contributed by atoms with van der Waals surface area (Å²) in [6, 6.07) is -11.8. The SMILES string of the molecule is CCCOC[C@H]1C(=O)N[C@@H]([C@@H](C)CC)C(=O)N(C)CC(=O)N(C)[C@H]2C/C=C\CCN(C2=O)[C@@H](CC2CCC(C(F)(F)F)CC2)C(=O)N(C)CC(=O)N[C@@H](CCC2CC(F)C(C(F)(F)F)C(F)C2)C(=O)N2C[C@H](OCC)C[C@H]2C(=O)NC2(CC(C)(C)C2)C(=O)N(C)[C@@H](C2CCCC2)C(=O)N(C)[C@H](C(=O)N(C)CCC)CC(=O)N1C. The molecule has 34 heteroatoms. The average molecular weight is 1620 g/mol. The minimum absolute atomic E-state index is 0.00225. The van der Waals surface area contributed by atoms with Gasteiger partial charge in [0.2, 0.25) is 70.9 Å². The number of carbonyl (C=O) groups is 12. The molecule has 3 heterocycles. The summed E-state index contributed by atoms with van der Waals surface area (Å²) >= 11 is 0. The molecule has 2 unspecified atom stereocenters. The molecule has 3 aliphatic heterocycles. The lowest BCUT2D eigenvalue weighted by Gasteiger charge is -2.54. The van der Waals surface area contributed by atoms with Crippen molar-refractivity contribution in [3.05, 3.63) is 12.2 Å². The third kappa shape index (κ3) is 23.1. The summed E-state index contributed by atoms with van der Waals surface area (Å²) in [6.07, 6.45) is -13.1. The number of halogens is 8. The molecule has 7 aliphatic rings. The zero-order valence-electron chi connectivity index (χ0n) is 68.4. The van der Waals surface area contributed by atoms with Crippen molar-refractivity contribution in [3.8, 4) is 0 Å². The Morgan fingerprint density at radius 2 is 1.28 bits per heavy atom.